The molecule has 0 saturated carbocycles. The van der Waals surface area contributed by atoms with E-state index in [1.165, 1.54) is 5.57 Å². The van der Waals surface area contributed by atoms with Crippen LogP contribution in [-0.4, -0.2) is 4.98 Å². The van der Waals surface area contributed by atoms with E-state index in [2.05, 4.69) is 31.5 Å². The van der Waals surface area contributed by atoms with Crippen LogP contribution in [0.2, 0.25) is 0 Å². The van der Waals surface area contributed by atoms with Gasteiger partial charge in [0.1, 0.15) is 0 Å². The molecule has 0 bridgehead atoms. The zero-order chi connectivity index (χ0) is 10.4. The molecule has 1 aromatic rings. The summed E-state index contributed by atoms with van der Waals surface area (Å²) >= 11 is 0. The Kier molecular flexibility index (Phi) is 3.86. The molecular formula is C13H15N. The second-order valence-electron chi connectivity index (χ2n) is 3.31. The lowest BCUT2D eigenvalue weighted by Crippen LogP contribution is -1.81. The molecule has 0 radical (unpaired) electrons. The molecule has 14 heavy (non-hydrogen) atoms. The van der Waals surface area contributed by atoms with Gasteiger partial charge in [-0.15, -0.1) is 0 Å². The number of pyridine rings is 1. The van der Waals surface area contributed by atoms with E-state index in [9.17, 15) is 0 Å². The number of hydrogen-bond donors (Lipinski definition) is 0. The second-order valence-corrected chi connectivity index (χ2v) is 3.31. The van der Waals surface area contributed by atoms with E-state index < -0.39 is 0 Å². The van der Waals surface area contributed by atoms with E-state index >= 15 is 0 Å². The quantitative estimate of drug-likeness (QED) is 0.654. The van der Waals surface area contributed by atoms with Gasteiger partial charge in [-0.05, 0) is 31.0 Å². The summed E-state index contributed by atoms with van der Waals surface area (Å²) in [5, 5.41) is 0. The maximum Gasteiger partial charge on any atom is 0.0346 e. The molecule has 1 heteroatoms. The molecule has 0 unspecified atom stereocenters. The Labute approximate surface area is 85.5 Å². The van der Waals surface area contributed by atoms with E-state index in [4.69, 9.17) is 0 Å². The monoisotopic (exact) mass is 185 g/mol. The minimum Gasteiger partial charge on any atom is -0.264 e. The Hall–Kier alpha value is -1.63. The van der Waals surface area contributed by atoms with Crippen molar-refractivity contribution in [1.29, 1.82) is 0 Å². The fourth-order valence-corrected chi connectivity index (χ4v) is 1.09. The first kappa shape index (κ1) is 10.5. The number of rotatable bonds is 3. The molecule has 0 fully saturated rings. The topological polar surface area (TPSA) is 12.9 Å². The van der Waals surface area contributed by atoms with E-state index in [1.54, 1.807) is 6.20 Å². The van der Waals surface area contributed by atoms with Crippen LogP contribution >= 0.6 is 0 Å². The van der Waals surface area contributed by atoms with Crippen LogP contribution in [0.25, 0.3) is 12.2 Å². The molecule has 0 spiro atoms. The van der Waals surface area contributed by atoms with Crippen molar-refractivity contribution in [2.24, 2.45) is 0 Å². The largest absolute Gasteiger partial charge is 0.264 e. The normalized spacial score (nSPS) is 10.1. The van der Waals surface area contributed by atoms with Gasteiger partial charge in [0.05, 0.1) is 0 Å². The van der Waals surface area contributed by atoms with Crippen LogP contribution in [0.1, 0.15) is 25.0 Å². The third-order valence-corrected chi connectivity index (χ3v) is 1.81. The fraction of sp³-hybridized carbons (Fsp3) is 0.154. The SMILES string of the molecule is C=Cc1ccncc1/C=C\C=C(C)C. The average molecular weight is 185 g/mol. The molecule has 1 rings (SSSR count). The van der Waals surface area contributed by atoms with Gasteiger partial charge >= 0.3 is 0 Å². The first-order valence-corrected chi connectivity index (χ1v) is 4.62. The van der Waals surface area contributed by atoms with Gasteiger partial charge in [-0.3, -0.25) is 4.98 Å². The molecule has 72 valence electrons. The van der Waals surface area contributed by atoms with E-state index in [0.717, 1.165) is 11.1 Å². The van der Waals surface area contributed by atoms with Gasteiger partial charge in [0.15, 0.2) is 0 Å². The standard InChI is InChI=1S/C13H15N/c1-4-12-8-9-14-10-13(12)7-5-6-11(2)3/h4-10H,1H2,2-3H3/b7-5-. The van der Waals surface area contributed by atoms with Gasteiger partial charge in [0.25, 0.3) is 0 Å². The molecule has 1 aromatic heterocycles. The zero-order valence-corrected chi connectivity index (χ0v) is 8.70. The van der Waals surface area contributed by atoms with Crippen LogP contribution in [0.4, 0.5) is 0 Å². The van der Waals surface area contributed by atoms with Crippen LogP contribution < -0.4 is 0 Å². The molecule has 0 aliphatic carbocycles. The first-order chi connectivity index (χ1) is 6.74. The van der Waals surface area contributed by atoms with Crippen LogP contribution in [0.15, 0.2) is 42.8 Å². The highest BCUT2D eigenvalue weighted by molar-refractivity contribution is 5.63. The van der Waals surface area contributed by atoms with Crippen molar-refractivity contribution in [3.63, 3.8) is 0 Å². The number of allylic oxidation sites excluding steroid dienone is 3. The molecule has 0 atom stereocenters. The van der Waals surface area contributed by atoms with Gasteiger partial charge in [0.2, 0.25) is 0 Å². The van der Waals surface area contributed by atoms with Crippen LogP contribution in [0, 0.1) is 0 Å². The Morgan fingerprint density at radius 2 is 2.14 bits per heavy atom. The molecule has 1 heterocycles. The van der Waals surface area contributed by atoms with E-state index in [-0.39, 0.29) is 0 Å². The summed E-state index contributed by atoms with van der Waals surface area (Å²) in [6, 6.07) is 1.95. The summed E-state index contributed by atoms with van der Waals surface area (Å²) in [5.41, 5.74) is 3.49. The molecule has 0 amide bonds. The summed E-state index contributed by atoms with van der Waals surface area (Å²) < 4.78 is 0. The fourth-order valence-electron chi connectivity index (χ4n) is 1.09. The minimum atomic E-state index is 1.10. The Morgan fingerprint density at radius 3 is 2.79 bits per heavy atom. The lowest BCUT2D eigenvalue weighted by Gasteiger charge is -1.97. The molecule has 0 saturated heterocycles. The van der Waals surface area contributed by atoms with Gasteiger partial charge in [-0.1, -0.05) is 36.5 Å². The van der Waals surface area contributed by atoms with Gasteiger partial charge in [-0.2, -0.15) is 0 Å². The van der Waals surface area contributed by atoms with Crippen molar-refractivity contribution < 1.29 is 0 Å². The maximum absolute atomic E-state index is 4.07. The van der Waals surface area contributed by atoms with Crippen molar-refractivity contribution in [1.82, 2.24) is 4.98 Å². The lowest BCUT2D eigenvalue weighted by atomic mass is 10.1. The molecular weight excluding hydrogens is 170 g/mol. The van der Waals surface area contributed by atoms with Crippen LogP contribution in [0.5, 0.6) is 0 Å². The predicted molar refractivity (Wildman–Crippen MR) is 62.8 cm³/mol. The Bertz CT molecular complexity index is 369. The predicted octanol–water partition coefficient (Wildman–Crippen LogP) is 3.70. The number of hydrogen-bond acceptors (Lipinski definition) is 1. The van der Waals surface area contributed by atoms with Gasteiger partial charge < -0.3 is 0 Å². The summed E-state index contributed by atoms with van der Waals surface area (Å²) in [5.74, 6) is 0. The molecule has 0 aliphatic rings. The first-order valence-electron chi connectivity index (χ1n) is 4.62. The van der Waals surface area contributed by atoms with E-state index in [0.29, 0.717) is 0 Å². The summed E-state index contributed by atoms with van der Waals surface area (Å²) in [4.78, 5) is 4.07. The summed E-state index contributed by atoms with van der Waals surface area (Å²) in [6.07, 6.45) is 11.6. The minimum absolute atomic E-state index is 1.10. The molecule has 0 aromatic carbocycles. The van der Waals surface area contributed by atoms with E-state index in [1.807, 2.05) is 30.5 Å². The summed E-state index contributed by atoms with van der Waals surface area (Å²) in [6.45, 7) is 7.90. The maximum atomic E-state index is 4.07. The molecule has 0 N–H and O–H groups in total. The van der Waals surface area contributed by atoms with Crippen molar-refractivity contribution in [3.05, 3.63) is 53.9 Å². The number of aromatic nitrogens is 1. The summed E-state index contributed by atoms with van der Waals surface area (Å²) in [7, 11) is 0. The van der Waals surface area contributed by atoms with Crippen molar-refractivity contribution in [2.45, 2.75) is 13.8 Å². The highest BCUT2D eigenvalue weighted by Crippen LogP contribution is 2.10. The Balaban J connectivity index is 2.91. The third-order valence-electron chi connectivity index (χ3n) is 1.81. The van der Waals surface area contributed by atoms with Crippen molar-refractivity contribution in [2.75, 3.05) is 0 Å². The highest BCUT2D eigenvalue weighted by atomic mass is 14.6. The smallest absolute Gasteiger partial charge is 0.0346 e. The van der Waals surface area contributed by atoms with Gasteiger partial charge in [0, 0.05) is 12.4 Å². The molecule has 1 nitrogen and oxygen atoms in total. The third kappa shape index (κ3) is 3.02. The van der Waals surface area contributed by atoms with Crippen molar-refractivity contribution >= 4 is 12.2 Å². The zero-order valence-electron chi connectivity index (χ0n) is 8.70. The highest BCUT2D eigenvalue weighted by Gasteiger charge is 1.92. The van der Waals surface area contributed by atoms with Crippen LogP contribution in [-0.2, 0) is 0 Å². The van der Waals surface area contributed by atoms with Crippen LogP contribution in [0.3, 0.4) is 0 Å². The lowest BCUT2D eigenvalue weighted by molar-refractivity contribution is 1.31. The second kappa shape index (κ2) is 5.18. The molecule has 0 aliphatic heterocycles. The number of nitrogens with zero attached hydrogens (tertiary/aromatic N) is 1. The van der Waals surface area contributed by atoms with Gasteiger partial charge in [-0.25, -0.2) is 0 Å². The Morgan fingerprint density at radius 1 is 1.36 bits per heavy atom. The van der Waals surface area contributed by atoms with Crippen molar-refractivity contribution in [3.8, 4) is 0 Å². The average Bonchev–Trinajstić information content (AvgIpc) is 2.18.